The first kappa shape index (κ1) is 17.0. The zero-order valence-corrected chi connectivity index (χ0v) is 14.4. The van der Waals surface area contributed by atoms with E-state index in [1.807, 2.05) is 19.1 Å². The van der Waals surface area contributed by atoms with Gasteiger partial charge in [0.2, 0.25) is 0 Å². The number of aryl methyl sites for hydroxylation is 1. The molecule has 2 rings (SSSR count). The second-order valence-electron chi connectivity index (χ2n) is 4.98. The molecule has 0 aliphatic rings. The van der Waals surface area contributed by atoms with Crippen molar-refractivity contribution in [2.45, 2.75) is 13.8 Å². The van der Waals surface area contributed by atoms with Crippen molar-refractivity contribution in [1.29, 1.82) is 0 Å². The average Bonchev–Trinajstić information content (AvgIpc) is 2.54. The first-order chi connectivity index (χ1) is 11.0. The molecule has 0 saturated heterocycles. The number of benzene rings is 2. The second kappa shape index (κ2) is 7.78. The van der Waals surface area contributed by atoms with E-state index in [0.29, 0.717) is 11.5 Å². The Morgan fingerprint density at radius 2 is 1.96 bits per heavy atom. The number of ether oxygens (including phenoxy) is 1. The molecule has 0 aliphatic carbocycles. The zero-order valence-electron chi connectivity index (χ0n) is 12.8. The van der Waals surface area contributed by atoms with E-state index in [1.165, 1.54) is 0 Å². The topological polar surface area (TPSA) is 70.9 Å². The first-order valence-electron chi connectivity index (χ1n) is 6.97. The summed E-state index contributed by atoms with van der Waals surface area (Å²) in [6.07, 6.45) is 0. The van der Waals surface area contributed by atoms with Gasteiger partial charge in [-0.1, -0.05) is 15.9 Å². The summed E-state index contributed by atoms with van der Waals surface area (Å²) in [6, 6.07) is 12.1. The van der Waals surface area contributed by atoms with Gasteiger partial charge in [0.15, 0.2) is 6.61 Å². The van der Waals surface area contributed by atoms with Gasteiger partial charge >= 0.3 is 0 Å². The molecular formula is C17H17BrN2O3. The Bertz CT molecular complexity index is 727. The van der Waals surface area contributed by atoms with Crippen molar-refractivity contribution in [3.05, 3.63) is 58.1 Å². The smallest absolute Gasteiger partial charge is 0.277 e. The molecule has 2 N–H and O–H groups in total. The van der Waals surface area contributed by atoms with Crippen LogP contribution in [-0.2, 0) is 4.79 Å². The van der Waals surface area contributed by atoms with Gasteiger partial charge in [-0.05, 0) is 67.4 Å². The van der Waals surface area contributed by atoms with Gasteiger partial charge in [0.05, 0.1) is 5.71 Å². The van der Waals surface area contributed by atoms with Crippen LogP contribution in [0.15, 0.2) is 52.0 Å². The van der Waals surface area contributed by atoms with Crippen LogP contribution >= 0.6 is 15.9 Å². The minimum atomic E-state index is -0.344. The van der Waals surface area contributed by atoms with Crippen molar-refractivity contribution in [3.8, 4) is 11.5 Å². The van der Waals surface area contributed by atoms with Gasteiger partial charge < -0.3 is 9.84 Å². The maximum Gasteiger partial charge on any atom is 0.277 e. The Balaban J connectivity index is 1.88. The highest BCUT2D eigenvalue weighted by atomic mass is 79.9. The molecule has 0 atom stereocenters. The monoisotopic (exact) mass is 376 g/mol. The molecule has 2 aromatic rings. The summed E-state index contributed by atoms with van der Waals surface area (Å²) in [5.41, 5.74) is 4.93. The molecule has 0 aromatic heterocycles. The van der Waals surface area contributed by atoms with E-state index in [9.17, 15) is 9.90 Å². The summed E-state index contributed by atoms with van der Waals surface area (Å²) in [5.74, 6) is 0.465. The lowest BCUT2D eigenvalue weighted by molar-refractivity contribution is -0.123. The average molecular weight is 377 g/mol. The van der Waals surface area contributed by atoms with Crippen LogP contribution < -0.4 is 10.2 Å². The third kappa shape index (κ3) is 5.10. The number of phenols is 1. The molecule has 0 radical (unpaired) electrons. The summed E-state index contributed by atoms with van der Waals surface area (Å²) in [7, 11) is 0. The molecule has 0 bridgehead atoms. The third-order valence-corrected chi connectivity index (χ3v) is 4.02. The Morgan fingerprint density at radius 1 is 1.26 bits per heavy atom. The summed E-state index contributed by atoms with van der Waals surface area (Å²) in [6.45, 7) is 3.60. The summed E-state index contributed by atoms with van der Waals surface area (Å²) >= 11 is 3.41. The molecule has 2 aromatic carbocycles. The largest absolute Gasteiger partial charge is 0.508 e. The van der Waals surface area contributed by atoms with Crippen LogP contribution in [0.1, 0.15) is 18.1 Å². The Hall–Kier alpha value is -2.34. The molecular weight excluding hydrogens is 360 g/mol. The fourth-order valence-corrected chi connectivity index (χ4v) is 2.05. The number of hydrazone groups is 1. The predicted molar refractivity (Wildman–Crippen MR) is 92.8 cm³/mol. The summed E-state index contributed by atoms with van der Waals surface area (Å²) in [5, 5.41) is 13.3. The van der Waals surface area contributed by atoms with Crippen LogP contribution in [0.25, 0.3) is 0 Å². The molecule has 23 heavy (non-hydrogen) atoms. The molecule has 5 nitrogen and oxygen atoms in total. The normalized spacial score (nSPS) is 11.2. The zero-order chi connectivity index (χ0) is 16.8. The van der Waals surface area contributed by atoms with Gasteiger partial charge in [-0.25, -0.2) is 5.43 Å². The van der Waals surface area contributed by atoms with Crippen LogP contribution in [0.3, 0.4) is 0 Å². The van der Waals surface area contributed by atoms with E-state index in [2.05, 4.69) is 26.5 Å². The number of nitrogens with zero attached hydrogens (tertiary/aromatic N) is 1. The van der Waals surface area contributed by atoms with E-state index in [1.54, 1.807) is 37.3 Å². The molecule has 0 heterocycles. The number of phenolic OH excluding ortho intramolecular Hbond substituents is 1. The molecule has 1 amide bonds. The minimum absolute atomic E-state index is 0.118. The number of hydrogen-bond donors (Lipinski definition) is 2. The van der Waals surface area contributed by atoms with Crippen molar-refractivity contribution in [2.75, 3.05) is 6.61 Å². The number of aromatic hydroxyl groups is 1. The maximum atomic E-state index is 11.8. The molecule has 0 unspecified atom stereocenters. The van der Waals surface area contributed by atoms with Crippen molar-refractivity contribution in [3.63, 3.8) is 0 Å². The van der Waals surface area contributed by atoms with Crippen LogP contribution in [0.2, 0.25) is 0 Å². The van der Waals surface area contributed by atoms with Crippen molar-refractivity contribution >= 4 is 27.5 Å². The Morgan fingerprint density at radius 3 is 2.61 bits per heavy atom. The number of halogens is 1. The van der Waals surface area contributed by atoms with Crippen molar-refractivity contribution in [1.82, 2.24) is 5.43 Å². The third-order valence-electron chi connectivity index (χ3n) is 3.13. The highest BCUT2D eigenvalue weighted by Gasteiger charge is 2.04. The number of nitrogens with one attached hydrogen (secondary N) is 1. The lowest BCUT2D eigenvalue weighted by atomic mass is 10.1. The van der Waals surface area contributed by atoms with Crippen molar-refractivity contribution in [2.24, 2.45) is 5.10 Å². The van der Waals surface area contributed by atoms with Gasteiger partial charge in [-0.3, -0.25) is 4.79 Å². The van der Waals surface area contributed by atoms with Gasteiger partial charge in [-0.15, -0.1) is 0 Å². The molecule has 6 heteroatoms. The van der Waals surface area contributed by atoms with Gasteiger partial charge in [-0.2, -0.15) is 5.10 Å². The highest BCUT2D eigenvalue weighted by molar-refractivity contribution is 9.10. The molecule has 120 valence electrons. The minimum Gasteiger partial charge on any atom is -0.508 e. The summed E-state index contributed by atoms with van der Waals surface area (Å²) in [4.78, 5) is 11.8. The second-order valence-corrected chi connectivity index (χ2v) is 5.83. The number of amides is 1. The van der Waals surface area contributed by atoms with E-state index in [0.717, 1.165) is 15.6 Å². The van der Waals surface area contributed by atoms with E-state index >= 15 is 0 Å². The first-order valence-corrected chi connectivity index (χ1v) is 7.76. The molecule has 0 spiro atoms. The van der Waals surface area contributed by atoms with Crippen LogP contribution in [-0.4, -0.2) is 23.3 Å². The van der Waals surface area contributed by atoms with Crippen LogP contribution in [0, 0.1) is 6.92 Å². The standard InChI is InChI=1S/C17H17BrN2O3/c1-11-9-15(7-8-16(11)18)23-10-17(22)20-19-12(2)13-3-5-14(21)6-4-13/h3-9,21H,10H2,1-2H3,(H,20,22)/b19-12+. The fraction of sp³-hybridized carbons (Fsp3) is 0.176. The van der Waals surface area contributed by atoms with E-state index in [-0.39, 0.29) is 18.3 Å². The lowest BCUT2D eigenvalue weighted by Crippen LogP contribution is -2.25. The van der Waals surface area contributed by atoms with Gasteiger partial charge in [0, 0.05) is 4.47 Å². The quantitative estimate of drug-likeness (QED) is 0.620. The maximum absolute atomic E-state index is 11.8. The lowest BCUT2D eigenvalue weighted by Gasteiger charge is -2.07. The Kier molecular flexibility index (Phi) is 5.76. The van der Waals surface area contributed by atoms with Gasteiger partial charge in [0.25, 0.3) is 5.91 Å². The number of hydrogen-bond acceptors (Lipinski definition) is 4. The molecule has 0 aliphatic heterocycles. The number of carbonyl (C=O) groups is 1. The van der Waals surface area contributed by atoms with Gasteiger partial charge in [0.1, 0.15) is 11.5 Å². The highest BCUT2D eigenvalue weighted by Crippen LogP contribution is 2.21. The van der Waals surface area contributed by atoms with Crippen LogP contribution in [0.5, 0.6) is 11.5 Å². The fourth-order valence-electron chi connectivity index (χ4n) is 1.80. The van der Waals surface area contributed by atoms with Crippen LogP contribution in [0.4, 0.5) is 0 Å². The Labute approximate surface area is 143 Å². The SMILES string of the molecule is C/C(=N\NC(=O)COc1ccc(Br)c(C)c1)c1ccc(O)cc1. The predicted octanol–water partition coefficient (Wildman–Crippen LogP) is 3.38. The number of carbonyl (C=O) groups excluding carboxylic acids is 1. The molecule has 0 saturated carbocycles. The summed E-state index contributed by atoms with van der Waals surface area (Å²) < 4.78 is 6.41. The van der Waals surface area contributed by atoms with E-state index in [4.69, 9.17) is 4.74 Å². The molecule has 0 fully saturated rings. The van der Waals surface area contributed by atoms with E-state index < -0.39 is 0 Å². The number of rotatable bonds is 5. The van der Waals surface area contributed by atoms with Crippen molar-refractivity contribution < 1.29 is 14.6 Å².